The molecule has 0 aliphatic carbocycles. The molecule has 18 heavy (non-hydrogen) atoms. The van der Waals surface area contributed by atoms with Crippen molar-refractivity contribution in [2.75, 3.05) is 7.11 Å². The van der Waals surface area contributed by atoms with Crippen molar-refractivity contribution < 1.29 is 9.47 Å². The first kappa shape index (κ1) is 12.4. The van der Waals surface area contributed by atoms with Gasteiger partial charge in [-0.2, -0.15) is 0 Å². The Morgan fingerprint density at radius 2 is 2.22 bits per heavy atom. The van der Waals surface area contributed by atoms with Crippen LogP contribution in [0.1, 0.15) is 10.4 Å². The average molecular weight is 262 g/mol. The molecule has 0 saturated heterocycles. The highest BCUT2D eigenvalue weighted by molar-refractivity contribution is 7.09. The molecule has 2 rings (SSSR count). The minimum atomic E-state index is -0.0150. The van der Waals surface area contributed by atoms with Gasteiger partial charge in [0.25, 0.3) is 0 Å². The predicted molar refractivity (Wildman–Crippen MR) is 72.7 cm³/mol. The third-order valence-corrected chi connectivity index (χ3v) is 3.28. The van der Waals surface area contributed by atoms with E-state index >= 15 is 0 Å². The zero-order valence-corrected chi connectivity index (χ0v) is 10.8. The Balaban J connectivity index is 2.20. The summed E-state index contributed by atoms with van der Waals surface area (Å²) in [5.41, 5.74) is 6.10. The second-order valence-corrected chi connectivity index (χ2v) is 4.68. The number of nitrogen functional groups attached to an aromatic ring is 1. The van der Waals surface area contributed by atoms with Crippen molar-refractivity contribution in [3.63, 3.8) is 0 Å². The quantitative estimate of drug-likeness (QED) is 0.643. The van der Waals surface area contributed by atoms with E-state index in [1.807, 2.05) is 17.5 Å². The fraction of sp³-hybridized carbons (Fsp3) is 0.154. The van der Waals surface area contributed by atoms with Crippen LogP contribution in [0, 0.1) is 5.41 Å². The lowest BCUT2D eigenvalue weighted by molar-refractivity contribution is 0.306. The Kier molecular flexibility index (Phi) is 3.84. The van der Waals surface area contributed by atoms with Crippen molar-refractivity contribution in [2.24, 2.45) is 5.73 Å². The number of hydrogen-bond donors (Lipinski definition) is 2. The maximum atomic E-state index is 7.52. The highest BCUT2D eigenvalue weighted by Crippen LogP contribution is 2.25. The van der Waals surface area contributed by atoms with Gasteiger partial charge in [0.2, 0.25) is 0 Å². The fourth-order valence-corrected chi connectivity index (χ4v) is 2.13. The summed E-state index contributed by atoms with van der Waals surface area (Å²) in [5, 5.41) is 9.51. The molecule has 0 aliphatic rings. The summed E-state index contributed by atoms with van der Waals surface area (Å²) < 4.78 is 10.8. The number of ether oxygens (including phenoxy) is 2. The summed E-state index contributed by atoms with van der Waals surface area (Å²) in [6, 6.07) is 9.20. The first-order valence-corrected chi connectivity index (χ1v) is 6.26. The van der Waals surface area contributed by atoms with E-state index in [0.717, 1.165) is 4.88 Å². The topological polar surface area (TPSA) is 68.3 Å². The number of benzene rings is 1. The summed E-state index contributed by atoms with van der Waals surface area (Å²) in [4.78, 5) is 1.12. The summed E-state index contributed by atoms with van der Waals surface area (Å²) in [6.07, 6.45) is 0. The van der Waals surface area contributed by atoms with Gasteiger partial charge in [-0.05, 0) is 23.6 Å². The molecule has 3 N–H and O–H groups in total. The molecule has 0 atom stereocenters. The summed E-state index contributed by atoms with van der Waals surface area (Å²) >= 11 is 1.63. The number of methoxy groups -OCH3 is 1. The fourth-order valence-electron chi connectivity index (χ4n) is 1.52. The van der Waals surface area contributed by atoms with E-state index in [9.17, 15) is 0 Å². The van der Waals surface area contributed by atoms with Gasteiger partial charge in [-0.15, -0.1) is 11.3 Å². The van der Waals surface area contributed by atoms with E-state index in [1.54, 1.807) is 36.6 Å². The maximum Gasteiger partial charge on any atom is 0.134 e. The number of rotatable bonds is 5. The normalized spacial score (nSPS) is 10.1. The molecule has 0 bridgehead atoms. The lowest BCUT2D eigenvalue weighted by atomic mass is 10.2. The molecule has 0 unspecified atom stereocenters. The highest BCUT2D eigenvalue weighted by Gasteiger charge is 2.09. The largest absolute Gasteiger partial charge is 0.497 e. The van der Waals surface area contributed by atoms with Crippen LogP contribution in [-0.2, 0) is 6.61 Å². The predicted octanol–water partition coefficient (Wildman–Crippen LogP) is 2.62. The summed E-state index contributed by atoms with van der Waals surface area (Å²) in [5.74, 6) is 1.23. The molecule has 0 aliphatic heterocycles. The molecule has 0 fully saturated rings. The van der Waals surface area contributed by atoms with Crippen LogP contribution in [-0.4, -0.2) is 12.9 Å². The van der Waals surface area contributed by atoms with E-state index in [1.165, 1.54) is 0 Å². The van der Waals surface area contributed by atoms with Crippen LogP contribution in [0.5, 0.6) is 11.5 Å². The number of nitrogens with one attached hydrogen (secondary N) is 1. The van der Waals surface area contributed by atoms with Crippen molar-refractivity contribution in [1.29, 1.82) is 5.41 Å². The van der Waals surface area contributed by atoms with E-state index in [4.69, 9.17) is 20.6 Å². The molecule has 0 amide bonds. The lowest BCUT2D eigenvalue weighted by Crippen LogP contribution is -2.13. The zero-order chi connectivity index (χ0) is 13.0. The van der Waals surface area contributed by atoms with E-state index in [-0.39, 0.29) is 5.84 Å². The second-order valence-electron chi connectivity index (χ2n) is 3.64. The van der Waals surface area contributed by atoms with Crippen LogP contribution >= 0.6 is 11.3 Å². The maximum absolute atomic E-state index is 7.52. The molecule has 94 valence electrons. The van der Waals surface area contributed by atoms with E-state index in [2.05, 4.69) is 0 Å². The molecule has 0 radical (unpaired) electrons. The third-order valence-electron chi connectivity index (χ3n) is 2.43. The number of hydrogen-bond acceptors (Lipinski definition) is 4. The van der Waals surface area contributed by atoms with Gasteiger partial charge in [-0.25, -0.2) is 0 Å². The number of nitrogens with two attached hydrogens (primary N) is 1. The van der Waals surface area contributed by atoms with Gasteiger partial charge in [-0.3, -0.25) is 5.41 Å². The molecule has 1 aromatic heterocycles. The molecule has 1 heterocycles. The Morgan fingerprint density at radius 1 is 1.39 bits per heavy atom. The first-order valence-electron chi connectivity index (χ1n) is 5.38. The first-order chi connectivity index (χ1) is 8.70. The van der Waals surface area contributed by atoms with Gasteiger partial charge < -0.3 is 15.2 Å². The van der Waals surface area contributed by atoms with E-state index < -0.39 is 0 Å². The molecular weight excluding hydrogens is 248 g/mol. The summed E-state index contributed by atoms with van der Waals surface area (Å²) in [6.45, 7) is 0.463. The van der Waals surface area contributed by atoms with Crippen molar-refractivity contribution in [1.82, 2.24) is 0 Å². The Hall–Kier alpha value is -2.01. The monoisotopic (exact) mass is 262 g/mol. The van der Waals surface area contributed by atoms with Crippen molar-refractivity contribution in [2.45, 2.75) is 6.61 Å². The van der Waals surface area contributed by atoms with Crippen LogP contribution in [0.25, 0.3) is 0 Å². The standard InChI is InChI=1S/C13H14N2O2S/c1-16-9-4-5-11(13(14)15)12(7-9)17-8-10-3-2-6-18-10/h2-7H,8H2,1H3,(H3,14,15). The molecule has 0 spiro atoms. The van der Waals surface area contributed by atoms with Crippen LogP contribution < -0.4 is 15.2 Å². The van der Waals surface area contributed by atoms with Crippen LogP contribution in [0.3, 0.4) is 0 Å². The third kappa shape index (κ3) is 2.81. The highest BCUT2D eigenvalue weighted by atomic mass is 32.1. The van der Waals surface area contributed by atoms with Crippen LogP contribution in [0.2, 0.25) is 0 Å². The van der Waals surface area contributed by atoms with Gasteiger partial charge in [0.1, 0.15) is 23.9 Å². The van der Waals surface area contributed by atoms with Crippen molar-refractivity contribution in [3.05, 3.63) is 46.2 Å². The Morgan fingerprint density at radius 3 is 2.83 bits per heavy atom. The van der Waals surface area contributed by atoms with Crippen LogP contribution in [0.4, 0.5) is 0 Å². The molecular formula is C13H14N2O2S. The van der Waals surface area contributed by atoms with Gasteiger partial charge in [0.15, 0.2) is 0 Å². The Labute approximate surface area is 109 Å². The molecule has 4 nitrogen and oxygen atoms in total. The van der Waals surface area contributed by atoms with E-state index in [0.29, 0.717) is 23.7 Å². The molecule has 1 aromatic carbocycles. The molecule has 0 saturated carbocycles. The second kappa shape index (κ2) is 5.55. The van der Waals surface area contributed by atoms with Crippen molar-refractivity contribution in [3.8, 4) is 11.5 Å². The van der Waals surface area contributed by atoms with Gasteiger partial charge >= 0.3 is 0 Å². The van der Waals surface area contributed by atoms with Crippen LogP contribution in [0.15, 0.2) is 35.7 Å². The SMILES string of the molecule is COc1ccc(C(=N)N)c(OCc2cccs2)c1. The lowest BCUT2D eigenvalue weighted by Gasteiger charge is -2.11. The minimum absolute atomic E-state index is 0.0150. The number of thiophene rings is 1. The number of amidine groups is 1. The van der Waals surface area contributed by atoms with Gasteiger partial charge in [-0.1, -0.05) is 6.07 Å². The zero-order valence-electron chi connectivity index (χ0n) is 9.97. The average Bonchev–Trinajstić information content (AvgIpc) is 2.88. The van der Waals surface area contributed by atoms with Crippen molar-refractivity contribution >= 4 is 17.2 Å². The summed E-state index contributed by atoms with van der Waals surface area (Å²) in [7, 11) is 1.59. The van der Waals surface area contributed by atoms with Gasteiger partial charge in [0, 0.05) is 10.9 Å². The smallest absolute Gasteiger partial charge is 0.134 e. The van der Waals surface area contributed by atoms with Gasteiger partial charge in [0.05, 0.1) is 12.7 Å². The minimum Gasteiger partial charge on any atom is -0.497 e. The Bertz CT molecular complexity index is 538. The molecule has 2 aromatic rings. The molecule has 5 heteroatoms.